The average molecular weight is 389 g/mol. The first-order valence-corrected chi connectivity index (χ1v) is 11.0. The van der Waals surface area contributed by atoms with Gasteiger partial charge in [0.2, 0.25) is 0 Å². The van der Waals surface area contributed by atoms with E-state index in [0.29, 0.717) is 29.2 Å². The minimum Gasteiger partial charge on any atom is -0.478 e. The first-order chi connectivity index (χ1) is 13.1. The summed E-state index contributed by atoms with van der Waals surface area (Å²) in [5.74, 6) is 1.05. The van der Waals surface area contributed by atoms with Gasteiger partial charge in [-0.1, -0.05) is 20.3 Å². The molecule has 0 spiro atoms. The Hall–Kier alpha value is -0.845. The maximum atomic E-state index is 11.7. The molecule has 1 N–H and O–H groups in total. The van der Waals surface area contributed by atoms with E-state index in [4.69, 9.17) is 9.31 Å². The molecule has 156 valence electrons. The number of hydrogen-bond donors (Lipinski definition) is 1. The highest BCUT2D eigenvalue weighted by molar-refractivity contribution is 6.45. The van der Waals surface area contributed by atoms with E-state index in [1.807, 2.05) is 14.1 Å². The number of carboxylic acids is 1. The molecule has 5 rings (SSSR count). The van der Waals surface area contributed by atoms with Crippen LogP contribution in [0.3, 0.4) is 0 Å². The van der Waals surface area contributed by atoms with Gasteiger partial charge in [0.25, 0.3) is 0 Å². The van der Waals surface area contributed by atoms with E-state index in [9.17, 15) is 9.90 Å². The van der Waals surface area contributed by atoms with Crippen LogP contribution < -0.4 is 0 Å². The minimum absolute atomic E-state index is 0.120. The van der Waals surface area contributed by atoms with E-state index in [2.05, 4.69) is 25.7 Å². The van der Waals surface area contributed by atoms with Gasteiger partial charge in [0, 0.05) is 12.1 Å². The number of carboxylic acid groups (broad SMARTS) is 1. The molecule has 5 aliphatic rings. The Morgan fingerprint density at radius 3 is 2.68 bits per heavy atom. The molecule has 5 nitrogen and oxygen atoms in total. The van der Waals surface area contributed by atoms with Crippen LogP contribution in [0.5, 0.6) is 0 Å². The molecule has 4 aliphatic carbocycles. The van der Waals surface area contributed by atoms with Crippen LogP contribution in [-0.2, 0) is 14.1 Å². The van der Waals surface area contributed by atoms with Crippen LogP contribution in [0.1, 0.15) is 59.3 Å². The van der Waals surface area contributed by atoms with Crippen molar-refractivity contribution in [3.05, 3.63) is 11.1 Å². The number of likely N-dealkylation sites (N-methyl/N-ethyl adjacent to an activating group) is 1. The lowest BCUT2D eigenvalue weighted by molar-refractivity contribution is -0.199. The fourth-order valence-electron chi connectivity index (χ4n) is 6.55. The van der Waals surface area contributed by atoms with Gasteiger partial charge in [-0.3, -0.25) is 0 Å². The number of hydrogen-bond acceptors (Lipinski definition) is 4. The summed E-state index contributed by atoms with van der Waals surface area (Å²) >= 11 is 0. The lowest BCUT2D eigenvalue weighted by Gasteiger charge is -2.64. The zero-order valence-electron chi connectivity index (χ0n) is 18.2. The van der Waals surface area contributed by atoms with Gasteiger partial charge in [-0.15, -0.1) is 0 Å². The van der Waals surface area contributed by atoms with Gasteiger partial charge in [-0.25, -0.2) is 4.79 Å². The summed E-state index contributed by atoms with van der Waals surface area (Å²) in [4.78, 5) is 13.8. The van der Waals surface area contributed by atoms with Gasteiger partial charge < -0.3 is 19.3 Å². The van der Waals surface area contributed by atoms with Gasteiger partial charge in [-0.2, -0.15) is 0 Å². The van der Waals surface area contributed by atoms with Crippen molar-refractivity contribution in [2.75, 3.05) is 20.6 Å². The quantitative estimate of drug-likeness (QED) is 0.700. The van der Waals surface area contributed by atoms with Gasteiger partial charge in [0.1, 0.15) is 0 Å². The lowest BCUT2D eigenvalue weighted by atomic mass is 9.43. The molecule has 1 heterocycles. The summed E-state index contributed by atoms with van der Waals surface area (Å²) in [6.45, 7) is 7.79. The van der Waals surface area contributed by atoms with Crippen molar-refractivity contribution >= 4 is 13.1 Å². The average Bonchev–Trinajstić information content (AvgIpc) is 2.96. The van der Waals surface area contributed by atoms with E-state index >= 15 is 0 Å². The maximum Gasteiger partial charge on any atom is 0.457 e. The molecule has 0 aromatic heterocycles. The molecule has 2 bridgehead atoms. The third-order valence-corrected chi connectivity index (χ3v) is 8.35. The van der Waals surface area contributed by atoms with E-state index in [1.165, 1.54) is 6.42 Å². The van der Waals surface area contributed by atoms with Crippen molar-refractivity contribution in [2.45, 2.75) is 77.3 Å². The summed E-state index contributed by atoms with van der Waals surface area (Å²) in [5, 5.41) is 9.65. The molecule has 0 aromatic carbocycles. The van der Waals surface area contributed by atoms with E-state index < -0.39 is 5.97 Å². The molecule has 1 saturated heterocycles. The first kappa shape index (κ1) is 20.4. The second-order valence-corrected chi connectivity index (χ2v) is 10.7. The molecule has 5 atom stereocenters. The Morgan fingerprint density at radius 2 is 2.04 bits per heavy atom. The second-order valence-electron chi connectivity index (χ2n) is 10.7. The highest BCUT2D eigenvalue weighted by atomic mass is 16.7. The number of aliphatic carboxylic acids is 1. The maximum absolute atomic E-state index is 11.7. The van der Waals surface area contributed by atoms with Crippen LogP contribution in [0.25, 0.3) is 0 Å². The summed E-state index contributed by atoms with van der Waals surface area (Å²) in [6, 6.07) is 0. The topological polar surface area (TPSA) is 59.0 Å². The lowest BCUT2D eigenvalue weighted by Crippen LogP contribution is -2.65. The second kappa shape index (κ2) is 7.14. The van der Waals surface area contributed by atoms with Crippen molar-refractivity contribution in [3.63, 3.8) is 0 Å². The standard InChI is InChI=1S/C22H36BNO4/c1-21(2)16-11-18(21)22(3)19(12-16)27-23(28-22)9-8-14-6-7-15(13-24(4)5)17(10-14)20(25)26/h14,16,18-19H,6-13H2,1-5H3,(H,25,26)/t14-,16+,18+,19-,22+/m0/s1. The highest BCUT2D eigenvalue weighted by Gasteiger charge is 2.67. The zero-order valence-corrected chi connectivity index (χ0v) is 18.2. The summed E-state index contributed by atoms with van der Waals surface area (Å²) in [7, 11) is 3.88. The number of rotatable bonds is 6. The molecule has 0 radical (unpaired) electrons. The third kappa shape index (κ3) is 3.35. The van der Waals surface area contributed by atoms with Crippen molar-refractivity contribution in [3.8, 4) is 0 Å². The molecule has 6 heteroatoms. The van der Waals surface area contributed by atoms with Crippen molar-refractivity contribution in [1.82, 2.24) is 4.90 Å². The van der Waals surface area contributed by atoms with Crippen LogP contribution in [0.4, 0.5) is 0 Å². The molecule has 0 aromatic rings. The summed E-state index contributed by atoms with van der Waals surface area (Å²) < 4.78 is 12.9. The van der Waals surface area contributed by atoms with Crippen LogP contribution in [0.2, 0.25) is 6.32 Å². The van der Waals surface area contributed by atoms with Gasteiger partial charge in [0.05, 0.1) is 11.7 Å². The Kier molecular flexibility index (Phi) is 5.21. The predicted molar refractivity (Wildman–Crippen MR) is 110 cm³/mol. The largest absolute Gasteiger partial charge is 0.478 e. The molecule has 28 heavy (non-hydrogen) atoms. The van der Waals surface area contributed by atoms with E-state index in [0.717, 1.165) is 50.0 Å². The Morgan fingerprint density at radius 1 is 1.29 bits per heavy atom. The highest BCUT2D eigenvalue weighted by Crippen LogP contribution is 2.65. The molecule has 3 saturated carbocycles. The molecular formula is C22H36BNO4. The molecule has 1 aliphatic heterocycles. The smallest absolute Gasteiger partial charge is 0.457 e. The van der Waals surface area contributed by atoms with Gasteiger partial charge in [-0.05, 0) is 88.2 Å². The third-order valence-electron chi connectivity index (χ3n) is 8.35. The van der Waals surface area contributed by atoms with Crippen LogP contribution in [0.15, 0.2) is 11.1 Å². The Bertz CT molecular complexity index is 675. The van der Waals surface area contributed by atoms with Crippen molar-refractivity contribution in [2.24, 2.45) is 23.2 Å². The number of carbonyl (C=O) groups is 1. The molecule has 0 amide bonds. The summed E-state index contributed by atoms with van der Waals surface area (Å²) in [6.07, 6.45) is 7.16. The number of nitrogens with zero attached hydrogens (tertiary/aromatic N) is 1. The SMILES string of the molecule is CN(C)CC1=C(C(=O)O)C[C@H](CCB2O[C@H]3C[C@H]4C[C@H](C4(C)C)[C@@]3(C)O2)CC1. The zero-order chi connectivity index (χ0) is 20.3. The van der Waals surface area contributed by atoms with Crippen molar-refractivity contribution in [1.29, 1.82) is 0 Å². The van der Waals surface area contributed by atoms with E-state index in [-0.39, 0.29) is 18.8 Å². The Balaban J connectivity index is 1.34. The van der Waals surface area contributed by atoms with E-state index in [1.54, 1.807) is 0 Å². The van der Waals surface area contributed by atoms with Gasteiger partial charge >= 0.3 is 13.1 Å². The monoisotopic (exact) mass is 389 g/mol. The fourth-order valence-corrected chi connectivity index (χ4v) is 6.55. The Labute approximate surface area is 170 Å². The predicted octanol–water partition coefficient (Wildman–Crippen LogP) is 3.85. The van der Waals surface area contributed by atoms with Crippen LogP contribution in [-0.4, -0.2) is 55.4 Å². The normalized spacial score (nSPS) is 39.1. The fraction of sp³-hybridized carbons (Fsp3) is 0.864. The van der Waals surface area contributed by atoms with Gasteiger partial charge in [0.15, 0.2) is 0 Å². The molecular weight excluding hydrogens is 353 g/mol. The van der Waals surface area contributed by atoms with Crippen LogP contribution in [0, 0.1) is 23.2 Å². The molecule has 0 unspecified atom stereocenters. The molecule has 4 fully saturated rings. The first-order valence-electron chi connectivity index (χ1n) is 11.0. The minimum atomic E-state index is -0.740. The summed E-state index contributed by atoms with van der Waals surface area (Å²) in [5.41, 5.74) is 1.97. The van der Waals surface area contributed by atoms with Crippen molar-refractivity contribution < 1.29 is 19.2 Å². The van der Waals surface area contributed by atoms with Crippen LogP contribution >= 0.6 is 0 Å².